The van der Waals surface area contributed by atoms with Gasteiger partial charge in [0.15, 0.2) is 12.2 Å². The molecule has 35 heavy (non-hydrogen) atoms. The first-order valence-corrected chi connectivity index (χ1v) is 11.9. The summed E-state index contributed by atoms with van der Waals surface area (Å²) >= 11 is 1.22. The normalized spacial score (nSPS) is 23.5. The second-order valence-corrected chi connectivity index (χ2v) is 8.58. The summed E-state index contributed by atoms with van der Waals surface area (Å²) in [5.41, 5.74) is -0.798. The van der Waals surface area contributed by atoms with Crippen LogP contribution in [0.5, 0.6) is 0 Å². The van der Waals surface area contributed by atoms with Crippen molar-refractivity contribution < 1.29 is 52.4 Å². The zero-order valence-electron chi connectivity index (χ0n) is 20.3. The fourth-order valence-electron chi connectivity index (χ4n) is 3.14. The minimum Gasteiger partial charge on any atom is -0.469 e. The van der Waals surface area contributed by atoms with E-state index < -0.39 is 53.7 Å². The first-order chi connectivity index (χ1) is 16.6. The third kappa shape index (κ3) is 11.6. The Hall–Kier alpha value is -2.64. The Balaban J connectivity index is 2.96. The Labute approximate surface area is 208 Å². The number of amides is 1. The van der Waals surface area contributed by atoms with Crippen molar-refractivity contribution in [3.8, 4) is 0 Å². The van der Waals surface area contributed by atoms with Crippen LogP contribution in [-0.4, -0.2) is 92.3 Å². The van der Waals surface area contributed by atoms with E-state index in [0.29, 0.717) is 5.75 Å². The van der Waals surface area contributed by atoms with Gasteiger partial charge in [-0.3, -0.25) is 24.0 Å². The molecule has 0 aromatic rings. The zero-order chi connectivity index (χ0) is 26.4. The van der Waals surface area contributed by atoms with Gasteiger partial charge in [0, 0.05) is 39.5 Å². The van der Waals surface area contributed by atoms with E-state index in [-0.39, 0.29) is 38.5 Å². The molecule has 1 fully saturated rings. The molecule has 0 aromatic carbocycles. The van der Waals surface area contributed by atoms with Crippen LogP contribution in [0, 0.1) is 0 Å². The molecule has 0 saturated carbocycles. The summed E-state index contributed by atoms with van der Waals surface area (Å²) in [4.78, 5) is 58.0. The third-order valence-corrected chi connectivity index (χ3v) is 5.69. The standard InChI is InChI=1S/C22H33NO11S/c1-6-10-30-20-19(32-14(3)25)16(12-31-13(2)24)34-22(21(20)33-15(4)26)35-11-9-23-17(27)7-8-18(28)29-5/h6,16,19-22H,1,7-12H2,2-5H3,(H,23,27)/t16-,19-,20+,21-,22+/m1/s1. The second kappa shape index (κ2) is 16.1. The molecule has 1 aliphatic heterocycles. The lowest BCUT2D eigenvalue weighted by molar-refractivity contribution is -0.237. The number of carbonyl (C=O) groups is 5. The average Bonchev–Trinajstić information content (AvgIpc) is 2.79. The summed E-state index contributed by atoms with van der Waals surface area (Å²) in [6, 6.07) is 0. The van der Waals surface area contributed by atoms with E-state index in [9.17, 15) is 24.0 Å². The molecule has 1 saturated heterocycles. The van der Waals surface area contributed by atoms with E-state index in [2.05, 4.69) is 16.6 Å². The highest BCUT2D eigenvalue weighted by Gasteiger charge is 2.50. The van der Waals surface area contributed by atoms with Gasteiger partial charge in [-0.15, -0.1) is 18.3 Å². The van der Waals surface area contributed by atoms with Gasteiger partial charge in [-0.2, -0.15) is 0 Å². The summed E-state index contributed by atoms with van der Waals surface area (Å²) in [6.07, 6.45) is -2.43. The number of carbonyl (C=O) groups excluding carboxylic acids is 5. The fourth-order valence-corrected chi connectivity index (χ4v) is 4.21. The Kier molecular flexibility index (Phi) is 14.0. The third-order valence-electron chi connectivity index (χ3n) is 4.54. The number of hydrogen-bond donors (Lipinski definition) is 1. The van der Waals surface area contributed by atoms with Gasteiger partial charge in [0.1, 0.15) is 24.3 Å². The molecule has 0 spiro atoms. The summed E-state index contributed by atoms with van der Waals surface area (Å²) in [6.45, 7) is 7.33. The van der Waals surface area contributed by atoms with Gasteiger partial charge < -0.3 is 33.7 Å². The van der Waals surface area contributed by atoms with Gasteiger partial charge in [0.25, 0.3) is 0 Å². The minimum atomic E-state index is -1.04. The van der Waals surface area contributed by atoms with E-state index in [1.54, 1.807) is 0 Å². The summed E-state index contributed by atoms with van der Waals surface area (Å²) in [5, 5.41) is 2.67. The number of ether oxygens (including phenoxy) is 6. The molecule has 12 nitrogen and oxygen atoms in total. The van der Waals surface area contributed by atoms with Crippen LogP contribution >= 0.6 is 11.8 Å². The highest BCUT2D eigenvalue weighted by atomic mass is 32.2. The van der Waals surface area contributed by atoms with Crippen LogP contribution < -0.4 is 5.32 Å². The molecule has 1 heterocycles. The number of hydrogen-bond acceptors (Lipinski definition) is 12. The lowest BCUT2D eigenvalue weighted by Gasteiger charge is -2.44. The predicted molar refractivity (Wildman–Crippen MR) is 123 cm³/mol. The highest BCUT2D eigenvalue weighted by molar-refractivity contribution is 7.99. The van der Waals surface area contributed by atoms with Crippen LogP contribution in [-0.2, 0) is 52.4 Å². The first-order valence-electron chi connectivity index (χ1n) is 10.9. The van der Waals surface area contributed by atoms with Gasteiger partial charge in [-0.05, 0) is 0 Å². The largest absolute Gasteiger partial charge is 0.469 e. The van der Waals surface area contributed by atoms with Crippen molar-refractivity contribution >= 4 is 41.5 Å². The molecule has 0 bridgehead atoms. The maximum absolute atomic E-state index is 11.9. The Bertz CT molecular complexity index is 760. The summed E-state index contributed by atoms with van der Waals surface area (Å²) in [5.74, 6) is -2.25. The number of thioether (sulfide) groups is 1. The molecule has 1 aliphatic rings. The highest BCUT2D eigenvalue weighted by Crippen LogP contribution is 2.34. The molecule has 1 rings (SSSR count). The van der Waals surface area contributed by atoms with E-state index in [1.807, 2.05) is 0 Å². The summed E-state index contributed by atoms with van der Waals surface area (Å²) in [7, 11) is 1.24. The van der Waals surface area contributed by atoms with Gasteiger partial charge in [-0.1, -0.05) is 6.08 Å². The lowest BCUT2D eigenvalue weighted by Crippen LogP contribution is -2.61. The van der Waals surface area contributed by atoms with Crippen molar-refractivity contribution in [2.45, 2.75) is 63.5 Å². The van der Waals surface area contributed by atoms with Gasteiger partial charge >= 0.3 is 23.9 Å². The number of methoxy groups -OCH3 is 1. The molecule has 1 amide bonds. The van der Waals surface area contributed by atoms with Gasteiger partial charge in [0.2, 0.25) is 5.91 Å². The van der Waals surface area contributed by atoms with E-state index >= 15 is 0 Å². The van der Waals surface area contributed by atoms with Crippen molar-refractivity contribution in [3.63, 3.8) is 0 Å². The van der Waals surface area contributed by atoms with E-state index in [1.165, 1.54) is 45.7 Å². The quantitative estimate of drug-likeness (QED) is 0.147. The molecule has 0 aliphatic carbocycles. The molecule has 0 aromatic heterocycles. The van der Waals surface area contributed by atoms with Crippen LogP contribution in [0.2, 0.25) is 0 Å². The Morgan fingerprint density at radius 3 is 2.20 bits per heavy atom. The Morgan fingerprint density at radius 2 is 1.63 bits per heavy atom. The van der Waals surface area contributed by atoms with Crippen LogP contribution in [0.3, 0.4) is 0 Å². The first kappa shape index (κ1) is 30.4. The van der Waals surface area contributed by atoms with Crippen molar-refractivity contribution in [1.29, 1.82) is 0 Å². The smallest absolute Gasteiger partial charge is 0.306 e. The van der Waals surface area contributed by atoms with Crippen molar-refractivity contribution in [1.82, 2.24) is 5.32 Å². The molecular formula is C22H33NO11S. The van der Waals surface area contributed by atoms with Crippen LogP contribution in [0.1, 0.15) is 33.6 Å². The average molecular weight is 520 g/mol. The maximum Gasteiger partial charge on any atom is 0.306 e. The molecular weight excluding hydrogens is 486 g/mol. The predicted octanol–water partition coefficient (Wildman–Crippen LogP) is 0.512. The van der Waals surface area contributed by atoms with Crippen LogP contribution in [0.25, 0.3) is 0 Å². The topological polar surface area (TPSA) is 153 Å². The molecule has 0 unspecified atom stereocenters. The SMILES string of the molecule is C=CCO[C@@H]1[C@@H](OC(C)=O)[C@H](SCCNC(=O)CCC(=O)OC)O[C@H](COC(C)=O)[C@H]1OC(C)=O. The monoisotopic (exact) mass is 519 g/mol. The molecule has 5 atom stereocenters. The van der Waals surface area contributed by atoms with Crippen molar-refractivity contribution in [2.75, 3.05) is 32.6 Å². The molecule has 13 heteroatoms. The molecule has 198 valence electrons. The molecule has 0 radical (unpaired) electrons. The van der Waals surface area contributed by atoms with Crippen molar-refractivity contribution in [2.24, 2.45) is 0 Å². The lowest BCUT2D eigenvalue weighted by atomic mass is 9.99. The summed E-state index contributed by atoms with van der Waals surface area (Å²) < 4.78 is 32.3. The Morgan fingerprint density at radius 1 is 0.971 bits per heavy atom. The number of esters is 4. The minimum absolute atomic E-state index is 0.0146. The van der Waals surface area contributed by atoms with Crippen LogP contribution in [0.4, 0.5) is 0 Å². The van der Waals surface area contributed by atoms with E-state index in [0.717, 1.165) is 0 Å². The van der Waals surface area contributed by atoms with E-state index in [4.69, 9.17) is 23.7 Å². The van der Waals surface area contributed by atoms with Gasteiger partial charge in [-0.25, -0.2) is 0 Å². The fraction of sp³-hybridized carbons (Fsp3) is 0.682. The zero-order valence-corrected chi connectivity index (χ0v) is 21.1. The number of nitrogens with one attached hydrogen (secondary N) is 1. The van der Waals surface area contributed by atoms with Crippen molar-refractivity contribution in [3.05, 3.63) is 12.7 Å². The maximum atomic E-state index is 11.9. The molecule has 1 N–H and O–H groups in total. The van der Waals surface area contributed by atoms with Gasteiger partial charge in [0.05, 0.1) is 20.1 Å². The second-order valence-electron chi connectivity index (χ2n) is 7.38. The van der Waals surface area contributed by atoms with Crippen LogP contribution in [0.15, 0.2) is 12.7 Å². The number of rotatable bonds is 14.